The van der Waals surface area contributed by atoms with Crippen LogP contribution in [-0.4, -0.2) is 41.6 Å². The van der Waals surface area contributed by atoms with Crippen LogP contribution in [0.15, 0.2) is 72.8 Å². The van der Waals surface area contributed by atoms with Crippen molar-refractivity contribution in [1.82, 2.24) is 18.8 Å². The molecule has 4 aromatic rings. The molecule has 0 radical (unpaired) electrons. The SMILES string of the molecule is CN(Cc1cccc(-n2nc(C(C)(C)C)cc2NC(=O)Nc2cccc3ccccc23)c1)S(=O)(=O)NC(N)=O. The van der Waals surface area contributed by atoms with Gasteiger partial charge in [-0.2, -0.15) is 17.8 Å². The molecule has 0 unspecified atom stereocenters. The van der Waals surface area contributed by atoms with E-state index in [-0.39, 0.29) is 12.0 Å². The number of carbonyl (C=O) groups excluding carboxylic acids is 2. The fourth-order valence-corrected chi connectivity index (χ4v) is 4.70. The number of aromatic nitrogens is 2. The van der Waals surface area contributed by atoms with E-state index < -0.39 is 22.3 Å². The highest BCUT2D eigenvalue weighted by molar-refractivity contribution is 7.87. The highest BCUT2D eigenvalue weighted by Gasteiger charge is 2.23. The Labute approximate surface area is 227 Å². The van der Waals surface area contributed by atoms with E-state index in [1.807, 2.05) is 69.3 Å². The van der Waals surface area contributed by atoms with Gasteiger partial charge >= 0.3 is 22.3 Å². The van der Waals surface area contributed by atoms with Crippen LogP contribution < -0.4 is 21.1 Å². The summed E-state index contributed by atoms with van der Waals surface area (Å²) in [6.45, 7) is 6.01. The van der Waals surface area contributed by atoms with Crippen LogP contribution in [0.1, 0.15) is 32.0 Å². The molecule has 0 bridgehead atoms. The minimum atomic E-state index is -4.10. The number of amides is 4. The summed E-state index contributed by atoms with van der Waals surface area (Å²) in [7, 11) is -2.77. The molecule has 0 fully saturated rings. The van der Waals surface area contributed by atoms with Gasteiger partial charge in [0.15, 0.2) is 0 Å². The monoisotopic (exact) mass is 549 g/mol. The number of primary amides is 1. The molecule has 4 amide bonds. The van der Waals surface area contributed by atoms with E-state index in [4.69, 9.17) is 10.8 Å². The van der Waals surface area contributed by atoms with Gasteiger partial charge in [0.05, 0.1) is 17.1 Å². The maximum Gasteiger partial charge on any atom is 0.326 e. The Hall–Kier alpha value is -4.42. The standard InChI is InChI=1S/C27H31N7O4S/c1-27(2,3)23-16-24(30-26(36)29-22-14-8-11-19-10-5-6-13-21(19)22)34(31-23)20-12-7-9-18(15-20)17-33(4)39(37,38)32-25(28)35/h5-16H,17H2,1-4H3,(H3,28,32,35)(H2,29,30,36). The van der Waals surface area contributed by atoms with Gasteiger partial charge in [-0.15, -0.1) is 0 Å². The van der Waals surface area contributed by atoms with Crippen molar-refractivity contribution in [2.24, 2.45) is 5.73 Å². The zero-order valence-corrected chi connectivity index (χ0v) is 22.9. The second-order valence-electron chi connectivity index (χ2n) is 10.1. The summed E-state index contributed by atoms with van der Waals surface area (Å²) in [6.07, 6.45) is 0. The fraction of sp³-hybridized carbons (Fsp3) is 0.222. The number of urea groups is 2. The number of nitrogens with two attached hydrogens (primary N) is 1. The summed E-state index contributed by atoms with van der Waals surface area (Å²) in [5, 5.41) is 12.5. The second-order valence-corrected chi connectivity index (χ2v) is 11.9. The first-order chi connectivity index (χ1) is 18.3. The fourth-order valence-electron chi connectivity index (χ4n) is 3.97. The molecule has 11 nitrogen and oxygen atoms in total. The Morgan fingerprint density at radius 3 is 2.38 bits per heavy atom. The quantitative estimate of drug-likeness (QED) is 0.271. The van der Waals surface area contributed by atoms with Crippen LogP contribution in [0.3, 0.4) is 0 Å². The topological polar surface area (TPSA) is 151 Å². The van der Waals surface area contributed by atoms with Gasteiger partial charge in [-0.25, -0.2) is 19.0 Å². The Balaban J connectivity index is 1.63. The molecule has 0 saturated carbocycles. The zero-order chi connectivity index (χ0) is 28.4. The van der Waals surface area contributed by atoms with Crippen molar-refractivity contribution in [2.75, 3.05) is 17.7 Å². The van der Waals surface area contributed by atoms with Gasteiger partial charge in [0.1, 0.15) is 5.82 Å². The Morgan fingerprint density at radius 2 is 1.67 bits per heavy atom. The van der Waals surface area contributed by atoms with Gasteiger partial charge in [-0.05, 0) is 29.1 Å². The van der Waals surface area contributed by atoms with E-state index in [2.05, 4.69) is 10.6 Å². The molecule has 204 valence electrons. The number of benzene rings is 3. The van der Waals surface area contributed by atoms with Crippen molar-refractivity contribution >= 4 is 44.5 Å². The summed E-state index contributed by atoms with van der Waals surface area (Å²) in [5.41, 5.74) is 7.32. The molecule has 12 heteroatoms. The highest BCUT2D eigenvalue weighted by atomic mass is 32.2. The van der Waals surface area contributed by atoms with E-state index >= 15 is 0 Å². The van der Waals surface area contributed by atoms with Crippen LogP contribution in [0.4, 0.5) is 21.1 Å². The third kappa shape index (κ3) is 6.54. The number of carbonyl (C=O) groups is 2. The van der Waals surface area contributed by atoms with Gasteiger partial charge in [-0.3, -0.25) is 5.32 Å². The number of anilines is 2. The molecule has 3 aromatic carbocycles. The zero-order valence-electron chi connectivity index (χ0n) is 22.1. The number of hydrogen-bond acceptors (Lipinski definition) is 5. The van der Waals surface area contributed by atoms with Crippen LogP contribution in [-0.2, 0) is 22.2 Å². The summed E-state index contributed by atoms with van der Waals surface area (Å²) in [6, 6.07) is 20.7. The molecular weight excluding hydrogens is 518 g/mol. The average molecular weight is 550 g/mol. The summed E-state index contributed by atoms with van der Waals surface area (Å²) < 4.78 is 28.8. The average Bonchev–Trinajstić information content (AvgIpc) is 3.28. The summed E-state index contributed by atoms with van der Waals surface area (Å²) in [5.74, 6) is 0.436. The number of nitrogens with zero attached hydrogens (tertiary/aromatic N) is 3. The summed E-state index contributed by atoms with van der Waals surface area (Å²) in [4.78, 5) is 24.2. The van der Waals surface area contributed by atoms with Gasteiger partial charge in [0, 0.05) is 30.5 Å². The first kappa shape index (κ1) is 27.6. The third-order valence-electron chi connectivity index (χ3n) is 5.96. The molecule has 5 N–H and O–H groups in total. The lowest BCUT2D eigenvalue weighted by molar-refractivity contribution is 0.252. The van der Waals surface area contributed by atoms with Gasteiger partial charge < -0.3 is 11.1 Å². The maximum atomic E-state index is 13.1. The third-order valence-corrected chi connectivity index (χ3v) is 7.37. The molecule has 0 aliphatic heterocycles. The lowest BCUT2D eigenvalue weighted by Gasteiger charge is -2.17. The molecule has 0 saturated heterocycles. The molecule has 1 heterocycles. The normalized spacial score (nSPS) is 11.9. The molecule has 0 aliphatic carbocycles. The van der Waals surface area contributed by atoms with Crippen molar-refractivity contribution in [3.8, 4) is 5.69 Å². The van der Waals surface area contributed by atoms with Crippen molar-refractivity contribution in [3.63, 3.8) is 0 Å². The lowest BCUT2D eigenvalue weighted by Crippen LogP contribution is -2.43. The molecule has 39 heavy (non-hydrogen) atoms. The van der Waals surface area contributed by atoms with E-state index in [1.165, 1.54) is 7.05 Å². The van der Waals surface area contributed by atoms with Gasteiger partial charge in [0.2, 0.25) is 0 Å². The Morgan fingerprint density at radius 1 is 0.974 bits per heavy atom. The van der Waals surface area contributed by atoms with E-state index in [9.17, 15) is 18.0 Å². The van der Waals surface area contributed by atoms with Crippen molar-refractivity contribution in [1.29, 1.82) is 0 Å². The van der Waals surface area contributed by atoms with E-state index in [1.54, 1.807) is 33.7 Å². The Bertz CT molecular complexity index is 1640. The highest BCUT2D eigenvalue weighted by Crippen LogP contribution is 2.28. The smallest absolute Gasteiger partial charge is 0.326 e. The molecule has 0 atom stereocenters. The van der Waals surface area contributed by atoms with E-state index in [0.29, 0.717) is 22.8 Å². The number of rotatable bonds is 7. The number of hydrogen-bond donors (Lipinski definition) is 4. The van der Waals surface area contributed by atoms with E-state index in [0.717, 1.165) is 20.8 Å². The molecule has 4 rings (SSSR count). The molecule has 0 spiro atoms. The van der Waals surface area contributed by atoms with Crippen molar-refractivity contribution < 1.29 is 18.0 Å². The van der Waals surface area contributed by atoms with Gasteiger partial charge in [0.25, 0.3) is 0 Å². The Kier molecular flexibility index (Phi) is 7.61. The van der Waals surface area contributed by atoms with Crippen LogP contribution >= 0.6 is 0 Å². The van der Waals surface area contributed by atoms with Crippen LogP contribution in [0, 0.1) is 0 Å². The van der Waals surface area contributed by atoms with Gasteiger partial charge in [-0.1, -0.05) is 69.3 Å². The largest absolute Gasteiger partial charge is 0.351 e. The number of nitrogens with one attached hydrogen (secondary N) is 3. The minimum Gasteiger partial charge on any atom is -0.351 e. The van der Waals surface area contributed by atoms with Crippen molar-refractivity contribution in [3.05, 3.63) is 84.1 Å². The first-order valence-corrected chi connectivity index (χ1v) is 13.6. The minimum absolute atomic E-state index is 0.0336. The second kappa shape index (κ2) is 10.8. The summed E-state index contributed by atoms with van der Waals surface area (Å²) >= 11 is 0. The lowest BCUT2D eigenvalue weighted by atomic mass is 9.92. The molecule has 1 aromatic heterocycles. The molecular formula is C27H31N7O4S. The molecule has 0 aliphatic rings. The first-order valence-electron chi connectivity index (χ1n) is 12.1. The van der Waals surface area contributed by atoms with Crippen molar-refractivity contribution in [2.45, 2.75) is 32.7 Å². The number of fused-ring (bicyclic) bond motifs is 1. The predicted molar refractivity (Wildman–Crippen MR) is 152 cm³/mol. The van der Waals surface area contributed by atoms with Crippen LogP contribution in [0.25, 0.3) is 16.5 Å². The predicted octanol–water partition coefficient (Wildman–Crippen LogP) is 4.31. The van der Waals surface area contributed by atoms with Crippen LogP contribution in [0.5, 0.6) is 0 Å². The van der Waals surface area contributed by atoms with Crippen LogP contribution in [0.2, 0.25) is 0 Å². The maximum absolute atomic E-state index is 13.1.